The minimum absolute atomic E-state index is 0.492. The highest BCUT2D eigenvalue weighted by molar-refractivity contribution is 5.11. The van der Waals surface area contributed by atoms with Crippen LogP contribution in [0.25, 0.3) is 0 Å². The summed E-state index contributed by atoms with van der Waals surface area (Å²) in [5.41, 5.74) is 6.99. The van der Waals surface area contributed by atoms with Crippen LogP contribution in [0.4, 0.5) is 0 Å². The maximum absolute atomic E-state index is 6.82. The molecule has 9 atom stereocenters. The lowest BCUT2D eigenvalue weighted by molar-refractivity contribution is -0.180. The van der Waals surface area contributed by atoms with E-state index in [1.165, 1.54) is 129 Å². The number of hydrogen-bond donors (Lipinski definition) is 1. The maximum atomic E-state index is 6.82. The average molecular weight is 559 g/mol. The van der Waals surface area contributed by atoms with Gasteiger partial charge in [0.1, 0.15) is 0 Å². The largest absolute Gasteiger partial charge is 0.378 e. The van der Waals surface area contributed by atoms with E-state index in [0.29, 0.717) is 16.9 Å². The van der Waals surface area contributed by atoms with Crippen molar-refractivity contribution in [1.82, 2.24) is 4.90 Å². The van der Waals surface area contributed by atoms with E-state index in [9.17, 15) is 0 Å². The lowest BCUT2D eigenvalue weighted by Gasteiger charge is -2.62. The summed E-state index contributed by atoms with van der Waals surface area (Å²) in [6.07, 6.45) is 25.6. The van der Waals surface area contributed by atoms with Crippen LogP contribution < -0.4 is 5.73 Å². The topological polar surface area (TPSA) is 38.5 Å². The van der Waals surface area contributed by atoms with Gasteiger partial charge >= 0.3 is 0 Å². The highest BCUT2D eigenvalue weighted by atomic mass is 16.5. The van der Waals surface area contributed by atoms with E-state index in [1.807, 2.05) is 0 Å². The van der Waals surface area contributed by atoms with E-state index < -0.39 is 0 Å². The summed E-state index contributed by atoms with van der Waals surface area (Å²) in [5.74, 6) is 5.22. The van der Waals surface area contributed by atoms with E-state index in [2.05, 4.69) is 39.5 Å². The maximum Gasteiger partial charge on any atom is 0.0611 e. The summed E-state index contributed by atoms with van der Waals surface area (Å²) >= 11 is 0. The Bertz CT molecular complexity index is 717. The molecule has 2 N–H and O–H groups in total. The van der Waals surface area contributed by atoms with Gasteiger partial charge in [0.05, 0.1) is 6.10 Å². The fraction of sp³-hybridized carbons (Fsp3) is 1.00. The third-order valence-electron chi connectivity index (χ3n) is 13.3. The minimum atomic E-state index is 0.492. The van der Waals surface area contributed by atoms with Crippen LogP contribution in [0.5, 0.6) is 0 Å². The third-order valence-corrected chi connectivity index (χ3v) is 13.3. The Morgan fingerprint density at radius 3 is 2.20 bits per heavy atom. The van der Waals surface area contributed by atoms with E-state index in [4.69, 9.17) is 10.5 Å². The highest BCUT2D eigenvalue weighted by Crippen LogP contribution is 2.68. The van der Waals surface area contributed by atoms with E-state index in [0.717, 1.165) is 55.1 Å². The smallest absolute Gasteiger partial charge is 0.0611 e. The number of unbranched alkanes of at least 4 members (excludes halogenated alkanes) is 4. The van der Waals surface area contributed by atoms with Crippen molar-refractivity contribution in [2.75, 3.05) is 32.8 Å². The molecule has 3 nitrogen and oxygen atoms in total. The van der Waals surface area contributed by atoms with Gasteiger partial charge in [-0.3, -0.25) is 0 Å². The molecule has 4 aliphatic carbocycles. The van der Waals surface area contributed by atoms with Gasteiger partial charge in [-0.25, -0.2) is 0 Å². The van der Waals surface area contributed by atoms with Gasteiger partial charge in [-0.2, -0.15) is 0 Å². The lowest BCUT2D eigenvalue weighted by atomic mass is 9.44. The predicted octanol–water partition coefficient (Wildman–Crippen LogP) is 9.48. The molecule has 0 aromatic heterocycles. The van der Waals surface area contributed by atoms with Gasteiger partial charge in [-0.05, 0) is 150 Å². The molecule has 0 aromatic rings. The number of ether oxygens (including phenoxy) is 1. The van der Waals surface area contributed by atoms with Crippen molar-refractivity contribution < 1.29 is 4.74 Å². The number of nitrogens with zero attached hydrogens (tertiary/aromatic N) is 1. The van der Waals surface area contributed by atoms with Crippen LogP contribution in [0.3, 0.4) is 0 Å². The van der Waals surface area contributed by atoms with Gasteiger partial charge in [0.25, 0.3) is 0 Å². The summed E-state index contributed by atoms with van der Waals surface area (Å²) < 4.78 is 6.82. The molecular formula is C37H70N2O. The summed E-state index contributed by atoms with van der Waals surface area (Å²) in [6, 6.07) is 0. The molecule has 7 unspecified atom stereocenters. The van der Waals surface area contributed by atoms with Crippen molar-refractivity contribution in [3.63, 3.8) is 0 Å². The quantitative estimate of drug-likeness (QED) is 0.181. The molecule has 3 heteroatoms. The van der Waals surface area contributed by atoms with E-state index in [-0.39, 0.29) is 0 Å². The number of hydrogen-bond acceptors (Lipinski definition) is 3. The van der Waals surface area contributed by atoms with Crippen molar-refractivity contribution in [3.8, 4) is 0 Å². The van der Waals surface area contributed by atoms with Crippen molar-refractivity contribution >= 4 is 0 Å². The first-order valence-electron chi connectivity index (χ1n) is 18.4. The molecule has 0 amide bonds. The minimum Gasteiger partial charge on any atom is -0.378 e. The standard InChI is InChI=1S/C37H70N2O/c1-6-8-12-24-39(25-13-9-7-2)26-14-16-29(3)31-18-19-32-35-33(20-22-37(31,32)5)36(4)21-11-10-17-30(36)28-34(35)40-27-15-23-38/h29-35H,6-28,38H2,1-5H3/t29-,30?,31?,32?,33?,34-,35?,36?,37?/m1/s1. The summed E-state index contributed by atoms with van der Waals surface area (Å²) in [4.78, 5) is 2.81. The van der Waals surface area contributed by atoms with Crippen molar-refractivity contribution in [1.29, 1.82) is 0 Å². The van der Waals surface area contributed by atoms with Gasteiger partial charge in [0, 0.05) is 6.61 Å². The van der Waals surface area contributed by atoms with Crippen LogP contribution in [0.15, 0.2) is 0 Å². The van der Waals surface area contributed by atoms with Gasteiger partial charge in [0.2, 0.25) is 0 Å². The van der Waals surface area contributed by atoms with Crippen LogP contribution >= 0.6 is 0 Å². The van der Waals surface area contributed by atoms with E-state index in [1.54, 1.807) is 0 Å². The number of fused-ring (bicyclic) bond motifs is 5. The molecule has 4 rings (SSSR count). The second-order valence-corrected chi connectivity index (χ2v) is 15.6. The molecule has 0 bridgehead atoms. The second kappa shape index (κ2) is 15.6. The Morgan fingerprint density at radius 2 is 1.50 bits per heavy atom. The molecule has 0 spiro atoms. The van der Waals surface area contributed by atoms with Gasteiger partial charge < -0.3 is 15.4 Å². The third kappa shape index (κ3) is 7.32. The van der Waals surface area contributed by atoms with Crippen molar-refractivity contribution in [2.45, 2.75) is 156 Å². The summed E-state index contributed by atoms with van der Waals surface area (Å²) in [7, 11) is 0. The van der Waals surface area contributed by atoms with Crippen LogP contribution in [-0.2, 0) is 4.74 Å². The van der Waals surface area contributed by atoms with Crippen molar-refractivity contribution in [2.24, 2.45) is 52.1 Å². The molecule has 40 heavy (non-hydrogen) atoms. The van der Waals surface area contributed by atoms with Crippen LogP contribution in [0.1, 0.15) is 150 Å². The zero-order valence-electron chi connectivity index (χ0n) is 27.7. The Balaban J connectivity index is 1.39. The Hall–Kier alpha value is -0.120. The van der Waals surface area contributed by atoms with Crippen LogP contribution in [0, 0.1) is 46.3 Å². The summed E-state index contributed by atoms with van der Waals surface area (Å²) in [6.45, 7) is 18.4. The number of nitrogens with two attached hydrogens (primary N) is 1. The zero-order valence-corrected chi connectivity index (χ0v) is 27.7. The molecule has 4 saturated carbocycles. The Morgan fingerprint density at radius 1 is 0.800 bits per heavy atom. The molecule has 0 heterocycles. The first-order valence-corrected chi connectivity index (χ1v) is 18.4. The molecule has 234 valence electrons. The van der Waals surface area contributed by atoms with Crippen LogP contribution in [-0.4, -0.2) is 43.8 Å². The first kappa shape index (κ1) is 32.8. The average Bonchev–Trinajstić information content (AvgIpc) is 3.30. The fourth-order valence-electron chi connectivity index (χ4n) is 11.0. The fourth-order valence-corrected chi connectivity index (χ4v) is 11.0. The zero-order chi connectivity index (χ0) is 28.6. The van der Waals surface area contributed by atoms with E-state index >= 15 is 0 Å². The SMILES string of the molecule is CCCCCN(CCCCC)CCC[C@@H](C)C1CCC2C3C(CCC21C)C1(C)CCCCC1C[C@H]3OCCCN. The highest BCUT2D eigenvalue weighted by Gasteiger charge is 2.62. The molecular weight excluding hydrogens is 488 g/mol. The van der Waals surface area contributed by atoms with Gasteiger partial charge in [-0.15, -0.1) is 0 Å². The number of rotatable bonds is 17. The van der Waals surface area contributed by atoms with Gasteiger partial charge in [-0.1, -0.05) is 73.1 Å². The summed E-state index contributed by atoms with van der Waals surface area (Å²) in [5, 5.41) is 0. The second-order valence-electron chi connectivity index (χ2n) is 15.6. The molecule has 4 fully saturated rings. The first-order chi connectivity index (χ1) is 19.4. The van der Waals surface area contributed by atoms with Crippen LogP contribution in [0.2, 0.25) is 0 Å². The predicted molar refractivity (Wildman–Crippen MR) is 173 cm³/mol. The molecule has 4 aliphatic rings. The Labute approximate surface area is 250 Å². The van der Waals surface area contributed by atoms with Crippen molar-refractivity contribution in [3.05, 3.63) is 0 Å². The van der Waals surface area contributed by atoms with Gasteiger partial charge in [0.15, 0.2) is 0 Å². The lowest BCUT2D eigenvalue weighted by Crippen LogP contribution is -2.58. The molecule has 0 aromatic carbocycles. The molecule has 0 saturated heterocycles. The molecule has 0 aliphatic heterocycles. The normalized spacial score (nSPS) is 38.2. The Kier molecular flexibility index (Phi) is 12.8. The monoisotopic (exact) mass is 559 g/mol. The molecule has 0 radical (unpaired) electrons.